The predicted molar refractivity (Wildman–Crippen MR) is 120 cm³/mol. The van der Waals surface area contributed by atoms with Gasteiger partial charge in [0.1, 0.15) is 8.64 Å². The summed E-state index contributed by atoms with van der Waals surface area (Å²) in [4.78, 5) is 0. The van der Waals surface area contributed by atoms with Crippen molar-refractivity contribution in [3.05, 3.63) is 58.6 Å². The molecule has 0 aliphatic carbocycles. The molecule has 0 atom stereocenters. The minimum Gasteiger partial charge on any atom is -0.340 e. The van der Waals surface area contributed by atoms with E-state index in [1.165, 1.54) is 0 Å². The van der Waals surface area contributed by atoms with Gasteiger partial charge < -0.3 is 10.6 Å². The summed E-state index contributed by atoms with van der Waals surface area (Å²) in [6.45, 7) is 0. The van der Waals surface area contributed by atoms with Crippen LogP contribution < -0.4 is 10.6 Å². The molecule has 0 saturated heterocycles. The van der Waals surface area contributed by atoms with Crippen molar-refractivity contribution in [2.75, 3.05) is 22.1 Å². The summed E-state index contributed by atoms with van der Waals surface area (Å²) in [5.41, 5.74) is 1.64. The molecule has 0 spiro atoms. The van der Waals surface area contributed by atoms with E-state index >= 15 is 0 Å². The van der Waals surface area contributed by atoms with Gasteiger partial charge in [0.25, 0.3) is 0 Å². The Kier molecular flexibility index (Phi) is 8.66. The molecule has 2 nitrogen and oxygen atoms in total. The minimum absolute atomic E-state index is 0.653. The Balaban J connectivity index is 1.67. The normalized spacial score (nSPS) is 10.2. The van der Waals surface area contributed by atoms with Crippen LogP contribution in [0.4, 0.5) is 11.4 Å². The Morgan fingerprint density at radius 2 is 1.12 bits per heavy atom. The van der Waals surface area contributed by atoms with E-state index in [9.17, 15) is 0 Å². The van der Waals surface area contributed by atoms with Crippen molar-refractivity contribution in [3.8, 4) is 0 Å². The van der Waals surface area contributed by atoms with Gasteiger partial charge in [-0.3, -0.25) is 0 Å². The highest BCUT2D eigenvalue weighted by atomic mass is 35.5. The molecule has 0 saturated carbocycles. The highest BCUT2D eigenvalue weighted by Gasteiger charge is 2.05. The molecule has 0 radical (unpaired) electrons. The number of hydrogen-bond acceptors (Lipinski definition) is 4. The van der Waals surface area contributed by atoms with E-state index in [1.807, 2.05) is 48.5 Å². The summed E-state index contributed by atoms with van der Waals surface area (Å²) < 4.78 is 1.38. The lowest BCUT2D eigenvalue weighted by molar-refractivity contribution is 1.57. The van der Waals surface area contributed by atoms with Gasteiger partial charge in [0, 0.05) is 11.5 Å². The van der Waals surface area contributed by atoms with Gasteiger partial charge in [-0.05, 0) is 24.3 Å². The molecule has 0 aliphatic heterocycles. The zero-order chi connectivity index (χ0) is 17.4. The zero-order valence-electron chi connectivity index (χ0n) is 12.4. The Labute approximate surface area is 171 Å². The first-order valence-corrected chi connectivity index (χ1v) is 10.5. The number of thiocarbonyl (C=S) groups is 2. The van der Waals surface area contributed by atoms with E-state index in [1.54, 1.807) is 23.5 Å². The molecule has 8 heteroatoms. The first kappa shape index (κ1) is 19.8. The summed E-state index contributed by atoms with van der Waals surface area (Å²) in [5, 5.41) is 7.57. The van der Waals surface area contributed by atoms with Gasteiger partial charge >= 0.3 is 0 Å². The maximum absolute atomic E-state index is 6.09. The minimum atomic E-state index is 0.653. The van der Waals surface area contributed by atoms with Crippen LogP contribution in [0.1, 0.15) is 0 Å². The van der Waals surface area contributed by atoms with Gasteiger partial charge in [0.2, 0.25) is 0 Å². The second kappa shape index (κ2) is 10.5. The molecule has 0 aliphatic rings. The topological polar surface area (TPSA) is 24.1 Å². The lowest BCUT2D eigenvalue weighted by atomic mass is 10.3. The first-order valence-electron chi connectivity index (χ1n) is 6.93. The molecule has 0 aromatic heterocycles. The molecule has 24 heavy (non-hydrogen) atoms. The number of anilines is 2. The molecule has 0 unspecified atom stereocenters. The lowest BCUT2D eigenvalue weighted by Crippen LogP contribution is -2.09. The molecule has 2 aromatic rings. The summed E-state index contributed by atoms with van der Waals surface area (Å²) in [6.07, 6.45) is 0. The molecular formula is C16H14Cl2N2S4. The largest absolute Gasteiger partial charge is 0.340 e. The smallest absolute Gasteiger partial charge is 0.138 e. The van der Waals surface area contributed by atoms with Crippen molar-refractivity contribution in [1.29, 1.82) is 0 Å². The standard InChI is InChI=1S/C16H14Cl2N2S4/c17-11-5-1-3-7-13(11)19-15(21)23-9-10-24-16(22)20-14-8-4-2-6-12(14)18/h1-8H,9-10H2,(H,19,21)(H,20,22). The maximum atomic E-state index is 6.09. The second-order valence-electron chi connectivity index (χ2n) is 4.48. The quantitative estimate of drug-likeness (QED) is 0.410. The molecule has 126 valence electrons. The SMILES string of the molecule is S=C(Nc1ccccc1Cl)SCCSC(=S)Nc1ccccc1Cl. The lowest BCUT2D eigenvalue weighted by Gasteiger charge is -2.10. The summed E-state index contributed by atoms with van der Waals surface area (Å²) in [7, 11) is 0. The van der Waals surface area contributed by atoms with Crippen LogP contribution in [0, 0.1) is 0 Å². The van der Waals surface area contributed by atoms with Crippen molar-refractivity contribution >= 4 is 91.2 Å². The fourth-order valence-corrected chi connectivity index (χ4v) is 4.17. The highest BCUT2D eigenvalue weighted by molar-refractivity contribution is 8.26. The van der Waals surface area contributed by atoms with Crippen LogP contribution in [0.3, 0.4) is 0 Å². The molecule has 0 amide bonds. The number of nitrogens with one attached hydrogen (secondary N) is 2. The molecule has 2 aromatic carbocycles. The average molecular weight is 433 g/mol. The third-order valence-corrected chi connectivity index (χ3v) is 6.14. The van der Waals surface area contributed by atoms with Crippen LogP contribution in [0.5, 0.6) is 0 Å². The van der Waals surface area contributed by atoms with E-state index < -0.39 is 0 Å². The van der Waals surface area contributed by atoms with Gasteiger partial charge in [-0.1, -0.05) is 95.4 Å². The van der Waals surface area contributed by atoms with Crippen molar-refractivity contribution in [1.82, 2.24) is 0 Å². The van der Waals surface area contributed by atoms with Gasteiger partial charge in [0.05, 0.1) is 21.4 Å². The maximum Gasteiger partial charge on any atom is 0.138 e. The van der Waals surface area contributed by atoms with Crippen molar-refractivity contribution in [3.63, 3.8) is 0 Å². The molecule has 0 fully saturated rings. The van der Waals surface area contributed by atoms with E-state index in [2.05, 4.69) is 10.6 Å². The third-order valence-electron chi connectivity index (χ3n) is 2.77. The monoisotopic (exact) mass is 432 g/mol. The number of para-hydroxylation sites is 2. The van der Waals surface area contributed by atoms with Crippen LogP contribution in [0.25, 0.3) is 0 Å². The van der Waals surface area contributed by atoms with Crippen molar-refractivity contribution < 1.29 is 0 Å². The molecule has 0 bridgehead atoms. The molecular weight excluding hydrogens is 419 g/mol. The van der Waals surface area contributed by atoms with Crippen molar-refractivity contribution in [2.45, 2.75) is 0 Å². The van der Waals surface area contributed by atoms with Crippen LogP contribution in [0.15, 0.2) is 48.5 Å². The number of hydrogen-bond donors (Lipinski definition) is 2. The fraction of sp³-hybridized carbons (Fsp3) is 0.125. The Bertz CT molecular complexity index is 663. The van der Waals surface area contributed by atoms with E-state index in [0.29, 0.717) is 18.7 Å². The Hall–Kier alpha value is -0.500. The van der Waals surface area contributed by atoms with Gasteiger partial charge in [0.15, 0.2) is 0 Å². The van der Waals surface area contributed by atoms with Crippen LogP contribution >= 0.6 is 71.2 Å². The third kappa shape index (κ3) is 6.78. The Morgan fingerprint density at radius 3 is 1.50 bits per heavy atom. The second-order valence-corrected chi connectivity index (χ2v) is 8.84. The Morgan fingerprint density at radius 1 is 0.750 bits per heavy atom. The average Bonchev–Trinajstić information content (AvgIpc) is 2.56. The fourth-order valence-electron chi connectivity index (χ4n) is 1.69. The zero-order valence-corrected chi connectivity index (χ0v) is 17.2. The molecule has 0 heterocycles. The van der Waals surface area contributed by atoms with Gasteiger partial charge in [-0.25, -0.2) is 0 Å². The van der Waals surface area contributed by atoms with Gasteiger partial charge in [-0.2, -0.15) is 0 Å². The van der Waals surface area contributed by atoms with E-state index in [0.717, 1.165) is 22.9 Å². The van der Waals surface area contributed by atoms with E-state index in [-0.39, 0.29) is 0 Å². The number of thioether (sulfide) groups is 2. The summed E-state index contributed by atoms with van der Waals surface area (Å²) in [5.74, 6) is 1.68. The summed E-state index contributed by atoms with van der Waals surface area (Å²) in [6, 6.07) is 15.0. The first-order chi connectivity index (χ1) is 11.6. The van der Waals surface area contributed by atoms with Crippen LogP contribution in [-0.2, 0) is 0 Å². The van der Waals surface area contributed by atoms with Crippen LogP contribution in [-0.4, -0.2) is 20.1 Å². The predicted octanol–water partition coefficient (Wildman–Crippen LogP) is 6.55. The molecule has 2 N–H and O–H groups in total. The van der Waals surface area contributed by atoms with E-state index in [4.69, 9.17) is 47.6 Å². The van der Waals surface area contributed by atoms with Crippen LogP contribution in [0.2, 0.25) is 10.0 Å². The number of rotatable bonds is 5. The number of benzene rings is 2. The summed E-state index contributed by atoms with van der Waals surface area (Å²) >= 11 is 25.9. The van der Waals surface area contributed by atoms with Gasteiger partial charge in [-0.15, -0.1) is 0 Å². The number of halogens is 2. The highest BCUT2D eigenvalue weighted by Crippen LogP contribution is 2.24. The molecule has 2 rings (SSSR count). The van der Waals surface area contributed by atoms with Crippen molar-refractivity contribution in [2.24, 2.45) is 0 Å².